The molecule has 0 bridgehead atoms. The number of rotatable bonds is 2. The van der Waals surface area contributed by atoms with Crippen molar-refractivity contribution in [1.82, 2.24) is 4.98 Å². The molecule has 0 aliphatic heterocycles. The van der Waals surface area contributed by atoms with Crippen LogP contribution >= 0.6 is 38.9 Å². The van der Waals surface area contributed by atoms with Crippen molar-refractivity contribution in [2.24, 2.45) is 0 Å². The Hall–Kier alpha value is -0.910. The first-order valence-corrected chi connectivity index (χ1v) is 6.75. The molecule has 0 spiro atoms. The average Bonchev–Trinajstić information content (AvgIpc) is 2.69. The highest BCUT2D eigenvalue weighted by atomic mass is 79.9. The monoisotopic (exact) mass is 330 g/mol. The summed E-state index contributed by atoms with van der Waals surface area (Å²) >= 11 is 10.3. The number of aromatic nitrogens is 1. The molecule has 0 aliphatic carbocycles. The van der Waals surface area contributed by atoms with Gasteiger partial charge < -0.3 is 5.32 Å². The lowest BCUT2D eigenvalue weighted by Gasteiger charge is -2.06. The second-order valence-electron chi connectivity index (χ2n) is 3.32. The third-order valence-electron chi connectivity index (χ3n) is 2.10. The molecule has 0 fully saturated rings. The van der Waals surface area contributed by atoms with Crippen LogP contribution in [0, 0.1) is 6.92 Å². The SMILES string of the molecule is Cc1nc(Br)ccc1NC(=O)c1ccc(Cl)s1. The maximum atomic E-state index is 11.9. The Morgan fingerprint density at radius 2 is 2.18 bits per heavy atom. The van der Waals surface area contributed by atoms with Gasteiger partial charge in [-0.15, -0.1) is 11.3 Å². The van der Waals surface area contributed by atoms with Crippen LogP contribution in [0.2, 0.25) is 4.34 Å². The molecule has 2 aromatic heterocycles. The van der Waals surface area contributed by atoms with Gasteiger partial charge in [-0.1, -0.05) is 11.6 Å². The Labute approximate surface area is 116 Å². The standard InChI is InChI=1S/C11H8BrClN2OS/c1-6-7(2-4-9(12)14-6)15-11(16)8-3-5-10(13)17-8/h2-5H,1H3,(H,15,16). The van der Waals surface area contributed by atoms with Crippen LogP contribution in [0.25, 0.3) is 0 Å². The van der Waals surface area contributed by atoms with Crippen molar-refractivity contribution >= 4 is 50.5 Å². The number of hydrogen-bond acceptors (Lipinski definition) is 3. The molecule has 0 atom stereocenters. The van der Waals surface area contributed by atoms with Crippen LogP contribution in [0.1, 0.15) is 15.4 Å². The fraction of sp³-hybridized carbons (Fsp3) is 0.0909. The van der Waals surface area contributed by atoms with E-state index in [1.165, 1.54) is 11.3 Å². The van der Waals surface area contributed by atoms with Gasteiger partial charge in [0.1, 0.15) is 4.60 Å². The topological polar surface area (TPSA) is 42.0 Å². The smallest absolute Gasteiger partial charge is 0.265 e. The number of amides is 1. The zero-order valence-electron chi connectivity index (χ0n) is 8.83. The minimum atomic E-state index is -0.172. The fourth-order valence-corrected chi connectivity index (χ4v) is 2.62. The molecule has 6 heteroatoms. The Kier molecular flexibility index (Phi) is 3.81. The number of thiophene rings is 1. The molecule has 0 saturated heterocycles. The number of nitrogens with zero attached hydrogens (tertiary/aromatic N) is 1. The van der Waals surface area contributed by atoms with Crippen LogP contribution in [0.15, 0.2) is 28.9 Å². The molecule has 0 aromatic carbocycles. The molecular formula is C11H8BrClN2OS. The molecule has 0 radical (unpaired) electrons. The van der Waals surface area contributed by atoms with Crippen LogP contribution < -0.4 is 5.32 Å². The third-order valence-corrected chi connectivity index (χ3v) is 3.77. The van der Waals surface area contributed by atoms with E-state index in [4.69, 9.17) is 11.6 Å². The number of anilines is 1. The summed E-state index contributed by atoms with van der Waals surface area (Å²) in [6, 6.07) is 6.99. The zero-order valence-corrected chi connectivity index (χ0v) is 12.0. The Balaban J connectivity index is 2.18. The van der Waals surface area contributed by atoms with Gasteiger partial charge in [-0.25, -0.2) is 4.98 Å². The largest absolute Gasteiger partial charge is 0.320 e. The van der Waals surface area contributed by atoms with E-state index in [-0.39, 0.29) is 5.91 Å². The summed E-state index contributed by atoms with van der Waals surface area (Å²) in [7, 11) is 0. The second kappa shape index (κ2) is 5.16. The zero-order chi connectivity index (χ0) is 12.4. The van der Waals surface area contributed by atoms with Crippen LogP contribution in [0.3, 0.4) is 0 Å². The molecule has 0 saturated carbocycles. The summed E-state index contributed by atoms with van der Waals surface area (Å²) in [5.74, 6) is -0.172. The van der Waals surface area contributed by atoms with E-state index < -0.39 is 0 Å². The van der Waals surface area contributed by atoms with E-state index in [1.807, 2.05) is 6.92 Å². The Morgan fingerprint density at radius 3 is 2.76 bits per heavy atom. The predicted octanol–water partition coefficient (Wildman–Crippen LogP) is 4.12. The van der Waals surface area contributed by atoms with Gasteiger partial charge in [0, 0.05) is 0 Å². The van der Waals surface area contributed by atoms with Gasteiger partial charge in [-0.3, -0.25) is 4.79 Å². The maximum absolute atomic E-state index is 11.9. The average molecular weight is 332 g/mol. The van der Waals surface area contributed by atoms with E-state index in [1.54, 1.807) is 24.3 Å². The van der Waals surface area contributed by atoms with Gasteiger partial charge >= 0.3 is 0 Å². The molecule has 17 heavy (non-hydrogen) atoms. The van der Waals surface area contributed by atoms with Gasteiger partial charge in [0.2, 0.25) is 0 Å². The number of hydrogen-bond donors (Lipinski definition) is 1. The molecule has 2 rings (SSSR count). The van der Waals surface area contributed by atoms with Gasteiger partial charge in [-0.2, -0.15) is 0 Å². The normalized spacial score (nSPS) is 10.3. The number of carbonyl (C=O) groups excluding carboxylic acids is 1. The quantitative estimate of drug-likeness (QED) is 0.841. The van der Waals surface area contributed by atoms with Crippen molar-refractivity contribution in [2.45, 2.75) is 6.92 Å². The molecule has 0 aliphatic rings. The highest BCUT2D eigenvalue weighted by Gasteiger charge is 2.10. The van der Waals surface area contributed by atoms with Crippen molar-refractivity contribution in [3.05, 3.63) is 43.8 Å². The van der Waals surface area contributed by atoms with E-state index >= 15 is 0 Å². The van der Waals surface area contributed by atoms with Crippen molar-refractivity contribution in [3.8, 4) is 0 Å². The summed E-state index contributed by atoms with van der Waals surface area (Å²) in [6.45, 7) is 1.84. The number of nitrogens with one attached hydrogen (secondary N) is 1. The lowest BCUT2D eigenvalue weighted by atomic mass is 10.3. The van der Waals surface area contributed by atoms with Crippen LogP contribution in [0.4, 0.5) is 5.69 Å². The van der Waals surface area contributed by atoms with E-state index in [2.05, 4.69) is 26.2 Å². The number of carbonyl (C=O) groups is 1. The summed E-state index contributed by atoms with van der Waals surface area (Å²) in [5.41, 5.74) is 1.46. The van der Waals surface area contributed by atoms with Gasteiger partial charge in [0.25, 0.3) is 5.91 Å². The Bertz CT molecular complexity index is 570. The molecule has 2 aromatic rings. The van der Waals surface area contributed by atoms with Crippen molar-refractivity contribution in [2.75, 3.05) is 5.32 Å². The first-order chi connectivity index (χ1) is 8.06. The maximum Gasteiger partial charge on any atom is 0.265 e. The number of aryl methyl sites for hydroxylation is 1. The highest BCUT2D eigenvalue weighted by molar-refractivity contribution is 9.10. The van der Waals surface area contributed by atoms with E-state index in [0.29, 0.717) is 14.9 Å². The van der Waals surface area contributed by atoms with Gasteiger partial charge in [0.15, 0.2) is 0 Å². The van der Waals surface area contributed by atoms with Crippen LogP contribution in [0.5, 0.6) is 0 Å². The molecule has 0 unspecified atom stereocenters. The van der Waals surface area contributed by atoms with Gasteiger partial charge in [-0.05, 0) is 47.1 Å². The van der Waals surface area contributed by atoms with Crippen LogP contribution in [-0.2, 0) is 0 Å². The molecular weight excluding hydrogens is 324 g/mol. The first-order valence-electron chi connectivity index (χ1n) is 4.76. The number of halogens is 2. The highest BCUT2D eigenvalue weighted by Crippen LogP contribution is 2.23. The fourth-order valence-electron chi connectivity index (χ4n) is 1.28. The number of pyridine rings is 1. The molecule has 1 N–H and O–H groups in total. The van der Waals surface area contributed by atoms with Crippen molar-refractivity contribution < 1.29 is 4.79 Å². The van der Waals surface area contributed by atoms with E-state index in [9.17, 15) is 4.79 Å². The molecule has 88 valence electrons. The molecule has 1 amide bonds. The van der Waals surface area contributed by atoms with Crippen LogP contribution in [-0.4, -0.2) is 10.9 Å². The predicted molar refractivity (Wildman–Crippen MR) is 74.0 cm³/mol. The molecule has 3 nitrogen and oxygen atoms in total. The first kappa shape index (κ1) is 12.5. The summed E-state index contributed by atoms with van der Waals surface area (Å²) in [4.78, 5) is 16.7. The minimum absolute atomic E-state index is 0.172. The van der Waals surface area contributed by atoms with Gasteiger partial charge in [0.05, 0.1) is 20.6 Å². The second-order valence-corrected chi connectivity index (χ2v) is 5.85. The lowest BCUT2D eigenvalue weighted by molar-refractivity contribution is 0.103. The lowest BCUT2D eigenvalue weighted by Crippen LogP contribution is -2.11. The Morgan fingerprint density at radius 1 is 1.41 bits per heavy atom. The third kappa shape index (κ3) is 3.06. The summed E-state index contributed by atoms with van der Waals surface area (Å²) in [6.07, 6.45) is 0. The minimum Gasteiger partial charge on any atom is -0.320 e. The molecule has 2 heterocycles. The van der Waals surface area contributed by atoms with Crippen molar-refractivity contribution in [3.63, 3.8) is 0 Å². The summed E-state index contributed by atoms with van der Waals surface area (Å²) in [5, 5.41) is 2.80. The van der Waals surface area contributed by atoms with Crippen molar-refractivity contribution in [1.29, 1.82) is 0 Å². The van der Waals surface area contributed by atoms with E-state index in [0.717, 1.165) is 10.3 Å². The summed E-state index contributed by atoms with van der Waals surface area (Å²) < 4.78 is 1.34.